The maximum Gasteiger partial charge on any atom is 0.393 e. The van der Waals surface area contributed by atoms with E-state index in [1.54, 1.807) is 10.6 Å². The smallest absolute Gasteiger partial charge is 0.393 e. The number of carboxylic acids is 1. The van der Waals surface area contributed by atoms with Gasteiger partial charge < -0.3 is 9.67 Å². The maximum absolute atomic E-state index is 13.4. The van der Waals surface area contributed by atoms with Crippen LogP contribution in [-0.2, 0) is 17.9 Å². The molecule has 2 aromatic rings. The number of likely N-dealkylation sites (tertiary alicyclic amines) is 1. The van der Waals surface area contributed by atoms with Crippen LogP contribution in [0, 0.1) is 17.7 Å². The highest BCUT2D eigenvalue weighted by Crippen LogP contribution is 2.38. The van der Waals surface area contributed by atoms with Crippen molar-refractivity contribution in [3.05, 3.63) is 29.8 Å². The Balaban J connectivity index is 1.88. The van der Waals surface area contributed by atoms with Gasteiger partial charge in [0.1, 0.15) is 11.6 Å². The molecule has 1 fully saturated rings. The summed E-state index contributed by atoms with van der Waals surface area (Å²) in [5.74, 6) is -4.78. The number of aromatic nitrogens is 2. The molecule has 0 radical (unpaired) electrons. The van der Waals surface area contributed by atoms with Crippen molar-refractivity contribution in [3.8, 4) is 0 Å². The number of benzene rings is 1. The zero-order valence-electron chi connectivity index (χ0n) is 13.4. The van der Waals surface area contributed by atoms with E-state index in [0.717, 1.165) is 0 Å². The molecule has 1 aliphatic heterocycles. The summed E-state index contributed by atoms with van der Waals surface area (Å²) in [6, 6.07) is 4.15. The number of rotatable bonds is 4. The van der Waals surface area contributed by atoms with E-state index in [1.165, 1.54) is 17.0 Å². The second-order valence-electron chi connectivity index (χ2n) is 6.19. The molecular formula is C16H17F4N3O2. The number of alkyl halides is 3. The highest BCUT2D eigenvalue weighted by atomic mass is 19.4. The van der Waals surface area contributed by atoms with E-state index < -0.39 is 29.8 Å². The molecule has 1 aliphatic rings. The maximum atomic E-state index is 13.4. The molecule has 2 atom stereocenters. The molecule has 0 aliphatic carbocycles. The fourth-order valence-corrected chi connectivity index (χ4v) is 3.42. The Morgan fingerprint density at radius 3 is 2.64 bits per heavy atom. The average Bonchev–Trinajstić information content (AvgIpc) is 3.07. The molecular weight excluding hydrogens is 342 g/mol. The third-order valence-corrected chi connectivity index (χ3v) is 4.60. The molecule has 5 nitrogen and oxygen atoms in total. The van der Waals surface area contributed by atoms with Gasteiger partial charge >= 0.3 is 12.1 Å². The lowest BCUT2D eigenvalue weighted by Gasteiger charge is -2.18. The van der Waals surface area contributed by atoms with E-state index in [2.05, 4.69) is 4.98 Å². The van der Waals surface area contributed by atoms with Crippen LogP contribution in [0.5, 0.6) is 0 Å². The first-order valence-electron chi connectivity index (χ1n) is 7.87. The van der Waals surface area contributed by atoms with Crippen molar-refractivity contribution in [1.29, 1.82) is 0 Å². The van der Waals surface area contributed by atoms with Crippen LogP contribution in [0.1, 0.15) is 12.7 Å². The quantitative estimate of drug-likeness (QED) is 0.853. The number of carboxylic acid groups (broad SMARTS) is 1. The predicted molar refractivity (Wildman–Crippen MR) is 81.3 cm³/mol. The highest BCUT2D eigenvalue weighted by Gasteiger charge is 2.52. The summed E-state index contributed by atoms with van der Waals surface area (Å²) in [4.78, 5) is 16.9. The second-order valence-corrected chi connectivity index (χ2v) is 6.19. The summed E-state index contributed by atoms with van der Waals surface area (Å²) in [6.07, 6.45) is -4.56. The number of aliphatic carboxylic acids is 1. The standard InChI is InChI=1S/C16H17F4N3O2/c1-2-23-13-4-3-9(17)5-12(13)21-14(23)8-22-6-10(15(24)25)11(7-22)16(18,19)20/h3-5,10-11H,2,6-8H2,1H3,(H,24,25)/t10-,11-/m1/s1. The average molecular weight is 359 g/mol. The van der Waals surface area contributed by atoms with E-state index in [1.807, 2.05) is 6.92 Å². The molecule has 9 heteroatoms. The van der Waals surface area contributed by atoms with Gasteiger partial charge in [0.05, 0.1) is 29.4 Å². The predicted octanol–water partition coefficient (Wildman–Crippen LogP) is 2.89. The van der Waals surface area contributed by atoms with Gasteiger partial charge in [-0.2, -0.15) is 13.2 Å². The first-order valence-corrected chi connectivity index (χ1v) is 7.87. The largest absolute Gasteiger partial charge is 0.481 e. The van der Waals surface area contributed by atoms with E-state index in [-0.39, 0.29) is 19.6 Å². The third-order valence-electron chi connectivity index (χ3n) is 4.60. The summed E-state index contributed by atoms with van der Waals surface area (Å²) < 4.78 is 54.4. The minimum Gasteiger partial charge on any atom is -0.481 e. The zero-order chi connectivity index (χ0) is 18.4. The summed E-state index contributed by atoms with van der Waals surface area (Å²) >= 11 is 0. The minimum atomic E-state index is -4.56. The molecule has 0 bridgehead atoms. The van der Waals surface area contributed by atoms with Crippen molar-refractivity contribution in [1.82, 2.24) is 14.5 Å². The summed E-state index contributed by atoms with van der Waals surface area (Å²) in [6.45, 7) is 1.88. The number of nitrogens with zero attached hydrogens (tertiary/aromatic N) is 3. The van der Waals surface area contributed by atoms with Gasteiger partial charge in [-0.1, -0.05) is 0 Å². The summed E-state index contributed by atoms with van der Waals surface area (Å²) in [5, 5.41) is 9.09. The molecule has 0 unspecified atom stereocenters. The van der Waals surface area contributed by atoms with Crippen LogP contribution in [0.15, 0.2) is 18.2 Å². The number of hydrogen-bond acceptors (Lipinski definition) is 3. The molecule has 1 aromatic heterocycles. The Morgan fingerprint density at radius 2 is 2.08 bits per heavy atom. The second kappa shape index (κ2) is 6.29. The van der Waals surface area contributed by atoms with Crippen LogP contribution < -0.4 is 0 Å². The summed E-state index contributed by atoms with van der Waals surface area (Å²) in [7, 11) is 0. The topological polar surface area (TPSA) is 58.4 Å². The number of fused-ring (bicyclic) bond motifs is 1. The van der Waals surface area contributed by atoms with E-state index >= 15 is 0 Å². The Hall–Kier alpha value is -2.16. The lowest BCUT2D eigenvalue weighted by Crippen LogP contribution is -2.33. The monoisotopic (exact) mass is 359 g/mol. The lowest BCUT2D eigenvalue weighted by molar-refractivity contribution is -0.188. The van der Waals surface area contributed by atoms with E-state index in [9.17, 15) is 22.4 Å². The van der Waals surface area contributed by atoms with Crippen molar-refractivity contribution in [2.24, 2.45) is 11.8 Å². The van der Waals surface area contributed by atoms with Crippen LogP contribution in [0.3, 0.4) is 0 Å². The number of aryl methyl sites for hydroxylation is 1. The van der Waals surface area contributed by atoms with Gasteiger partial charge in [0, 0.05) is 25.7 Å². The van der Waals surface area contributed by atoms with Crippen molar-refractivity contribution >= 4 is 17.0 Å². The Kier molecular flexibility index (Phi) is 4.44. The van der Waals surface area contributed by atoms with Gasteiger partial charge in [-0.3, -0.25) is 9.69 Å². The normalized spacial score (nSPS) is 22.0. The molecule has 2 heterocycles. The molecule has 0 spiro atoms. The Labute approximate surface area is 140 Å². The number of hydrogen-bond donors (Lipinski definition) is 1. The van der Waals surface area contributed by atoms with Crippen LogP contribution >= 0.6 is 0 Å². The van der Waals surface area contributed by atoms with Crippen molar-refractivity contribution < 1.29 is 27.5 Å². The van der Waals surface area contributed by atoms with E-state index in [0.29, 0.717) is 23.4 Å². The Morgan fingerprint density at radius 1 is 1.36 bits per heavy atom. The Bertz CT molecular complexity index is 803. The van der Waals surface area contributed by atoms with Crippen molar-refractivity contribution in [2.75, 3.05) is 13.1 Å². The van der Waals surface area contributed by atoms with E-state index in [4.69, 9.17) is 5.11 Å². The molecule has 0 saturated carbocycles. The van der Waals surface area contributed by atoms with Crippen LogP contribution in [0.2, 0.25) is 0 Å². The van der Waals surface area contributed by atoms with Crippen molar-refractivity contribution in [3.63, 3.8) is 0 Å². The fraction of sp³-hybridized carbons (Fsp3) is 0.500. The molecule has 25 heavy (non-hydrogen) atoms. The minimum absolute atomic E-state index is 0.0838. The van der Waals surface area contributed by atoms with Gasteiger partial charge in [0.2, 0.25) is 0 Å². The van der Waals surface area contributed by atoms with Crippen LogP contribution in [0.25, 0.3) is 11.0 Å². The number of carbonyl (C=O) groups is 1. The SMILES string of the molecule is CCn1c(CN2C[C@@H](C(F)(F)F)[C@H](C(=O)O)C2)nc2cc(F)ccc21. The van der Waals surface area contributed by atoms with Gasteiger partial charge in [0.25, 0.3) is 0 Å². The van der Waals surface area contributed by atoms with Gasteiger partial charge in [0.15, 0.2) is 0 Å². The fourth-order valence-electron chi connectivity index (χ4n) is 3.42. The molecule has 3 rings (SSSR count). The van der Waals surface area contributed by atoms with Gasteiger partial charge in [-0.25, -0.2) is 9.37 Å². The lowest BCUT2D eigenvalue weighted by atomic mass is 9.96. The van der Waals surface area contributed by atoms with Crippen LogP contribution in [0.4, 0.5) is 17.6 Å². The van der Waals surface area contributed by atoms with Crippen LogP contribution in [-0.4, -0.2) is 44.8 Å². The number of halogens is 4. The molecule has 136 valence electrons. The third kappa shape index (κ3) is 3.33. The first kappa shape index (κ1) is 17.7. The van der Waals surface area contributed by atoms with Gasteiger partial charge in [-0.05, 0) is 19.1 Å². The zero-order valence-corrected chi connectivity index (χ0v) is 13.4. The summed E-state index contributed by atoms with van der Waals surface area (Å²) in [5.41, 5.74) is 1.12. The molecule has 1 N–H and O–H groups in total. The first-order chi connectivity index (χ1) is 11.7. The molecule has 1 saturated heterocycles. The molecule has 0 amide bonds. The van der Waals surface area contributed by atoms with Gasteiger partial charge in [-0.15, -0.1) is 0 Å². The number of imidazole rings is 1. The molecule has 1 aromatic carbocycles. The van der Waals surface area contributed by atoms with Crippen molar-refractivity contribution in [2.45, 2.75) is 26.2 Å². The highest BCUT2D eigenvalue weighted by molar-refractivity contribution is 5.76.